The Morgan fingerprint density at radius 3 is 2.62 bits per heavy atom. The van der Waals surface area contributed by atoms with Gasteiger partial charge in [-0.1, -0.05) is 13.8 Å². The lowest BCUT2D eigenvalue weighted by Gasteiger charge is -2.10. The van der Waals surface area contributed by atoms with E-state index in [9.17, 15) is 13.2 Å². The van der Waals surface area contributed by atoms with Crippen LogP contribution < -0.4 is 5.14 Å². The highest BCUT2D eigenvalue weighted by atomic mass is 32.2. The number of carboxylic acids is 1. The summed E-state index contributed by atoms with van der Waals surface area (Å²) in [5.74, 6) is -0.486. The molecule has 3 N–H and O–H groups in total. The van der Waals surface area contributed by atoms with Crippen LogP contribution in [0.15, 0.2) is 18.2 Å². The number of nitrogens with two attached hydrogens (primary N) is 1. The summed E-state index contributed by atoms with van der Waals surface area (Å²) in [6.07, 6.45) is 0. The van der Waals surface area contributed by atoms with Crippen molar-refractivity contribution in [3.05, 3.63) is 29.6 Å². The van der Waals surface area contributed by atoms with Crippen LogP contribution in [0.4, 0.5) is 0 Å². The van der Waals surface area contributed by atoms with E-state index in [0.717, 1.165) is 0 Å². The molecule has 0 bridgehead atoms. The average Bonchev–Trinajstić information content (AvgIpc) is 2.73. The predicted molar refractivity (Wildman–Crippen MR) is 78.8 cm³/mol. The number of aryl methyl sites for hydroxylation is 1. The van der Waals surface area contributed by atoms with E-state index in [-0.39, 0.29) is 23.8 Å². The molecule has 0 radical (unpaired) electrons. The standard InChI is InChI=1S/C13H17N3O4S/c1-8(2)12-15-10-4-3-9(13(17)18)7-11(10)16(12)5-6-21(14,19)20/h3-4,7-8H,5-6H2,1-2H3,(H,17,18)(H2,14,19,20). The van der Waals surface area contributed by atoms with E-state index in [1.54, 1.807) is 10.6 Å². The highest BCUT2D eigenvalue weighted by Crippen LogP contribution is 2.23. The number of carbonyl (C=O) groups is 1. The summed E-state index contributed by atoms with van der Waals surface area (Å²) >= 11 is 0. The van der Waals surface area contributed by atoms with E-state index in [2.05, 4.69) is 4.98 Å². The van der Waals surface area contributed by atoms with Crippen molar-refractivity contribution in [3.63, 3.8) is 0 Å². The molecule has 1 aromatic carbocycles. The summed E-state index contributed by atoms with van der Waals surface area (Å²) in [4.78, 5) is 15.5. The largest absolute Gasteiger partial charge is 0.478 e. The van der Waals surface area contributed by atoms with Crippen molar-refractivity contribution in [3.8, 4) is 0 Å². The minimum absolute atomic E-state index is 0.0751. The maximum atomic E-state index is 11.2. The summed E-state index contributed by atoms with van der Waals surface area (Å²) in [7, 11) is -3.60. The third-order valence-corrected chi connectivity index (χ3v) is 3.89. The number of aromatic nitrogens is 2. The van der Waals surface area contributed by atoms with Gasteiger partial charge in [-0.05, 0) is 18.2 Å². The number of rotatable bonds is 5. The second kappa shape index (κ2) is 5.45. The monoisotopic (exact) mass is 311 g/mol. The Morgan fingerprint density at radius 1 is 1.43 bits per heavy atom. The molecule has 0 saturated carbocycles. The Hall–Kier alpha value is -1.93. The van der Waals surface area contributed by atoms with Gasteiger partial charge in [-0.15, -0.1) is 0 Å². The van der Waals surface area contributed by atoms with E-state index >= 15 is 0 Å². The van der Waals surface area contributed by atoms with Crippen molar-refractivity contribution in [2.75, 3.05) is 5.75 Å². The first-order valence-corrected chi connectivity index (χ1v) is 8.14. The first-order chi connectivity index (χ1) is 9.69. The third-order valence-electron chi connectivity index (χ3n) is 3.14. The van der Waals surface area contributed by atoms with Crippen LogP contribution in [0.25, 0.3) is 11.0 Å². The molecule has 114 valence electrons. The van der Waals surface area contributed by atoms with Gasteiger partial charge in [-0.3, -0.25) is 0 Å². The van der Waals surface area contributed by atoms with Crippen molar-refractivity contribution >= 4 is 27.0 Å². The fourth-order valence-electron chi connectivity index (χ4n) is 2.17. The van der Waals surface area contributed by atoms with E-state index in [0.29, 0.717) is 16.9 Å². The lowest BCUT2D eigenvalue weighted by Crippen LogP contribution is -2.21. The molecular formula is C13H17N3O4S. The predicted octanol–water partition coefficient (Wildman–Crippen LogP) is 1.15. The van der Waals surface area contributed by atoms with E-state index < -0.39 is 16.0 Å². The molecule has 8 heteroatoms. The highest BCUT2D eigenvalue weighted by Gasteiger charge is 2.16. The Bertz CT molecular complexity index is 793. The van der Waals surface area contributed by atoms with Gasteiger partial charge < -0.3 is 9.67 Å². The van der Waals surface area contributed by atoms with Crippen LogP contribution in [-0.4, -0.2) is 34.8 Å². The van der Waals surface area contributed by atoms with E-state index in [1.807, 2.05) is 13.8 Å². The van der Waals surface area contributed by atoms with Gasteiger partial charge in [0.05, 0.1) is 22.3 Å². The molecule has 0 aliphatic heterocycles. The average molecular weight is 311 g/mol. The Kier molecular flexibility index (Phi) is 4.02. The first kappa shape index (κ1) is 15.5. The minimum atomic E-state index is -3.60. The molecule has 0 unspecified atom stereocenters. The van der Waals surface area contributed by atoms with Crippen molar-refractivity contribution in [2.24, 2.45) is 5.14 Å². The maximum absolute atomic E-state index is 11.2. The molecule has 0 saturated heterocycles. The number of hydrogen-bond donors (Lipinski definition) is 2. The second-order valence-electron chi connectivity index (χ2n) is 5.15. The van der Waals surface area contributed by atoms with Gasteiger partial charge in [0.1, 0.15) is 5.82 Å². The number of hydrogen-bond acceptors (Lipinski definition) is 4. The summed E-state index contributed by atoms with van der Waals surface area (Å²) in [5.41, 5.74) is 1.37. The zero-order valence-electron chi connectivity index (χ0n) is 11.8. The molecule has 0 spiro atoms. The Morgan fingerprint density at radius 2 is 2.10 bits per heavy atom. The van der Waals surface area contributed by atoms with Crippen molar-refractivity contribution in [2.45, 2.75) is 26.3 Å². The number of imidazole rings is 1. The van der Waals surface area contributed by atoms with Gasteiger partial charge in [0, 0.05) is 12.5 Å². The number of nitrogens with zero attached hydrogens (tertiary/aromatic N) is 2. The van der Waals surface area contributed by atoms with Gasteiger partial charge in [0.15, 0.2) is 0 Å². The third kappa shape index (κ3) is 3.40. The SMILES string of the molecule is CC(C)c1nc2ccc(C(=O)O)cc2n1CCS(N)(=O)=O. The normalized spacial score (nSPS) is 12.2. The molecule has 2 rings (SSSR count). The van der Waals surface area contributed by atoms with Crippen molar-refractivity contribution < 1.29 is 18.3 Å². The van der Waals surface area contributed by atoms with Gasteiger partial charge in [-0.2, -0.15) is 0 Å². The van der Waals surface area contributed by atoms with E-state index in [1.165, 1.54) is 12.1 Å². The van der Waals surface area contributed by atoms with Crippen LogP contribution in [0.1, 0.15) is 35.9 Å². The van der Waals surface area contributed by atoms with Crippen LogP contribution in [0, 0.1) is 0 Å². The molecule has 7 nitrogen and oxygen atoms in total. The molecule has 0 aliphatic rings. The van der Waals surface area contributed by atoms with Crippen molar-refractivity contribution in [1.82, 2.24) is 9.55 Å². The molecule has 1 heterocycles. The molecule has 0 amide bonds. The zero-order chi connectivity index (χ0) is 15.8. The number of sulfonamides is 1. The van der Waals surface area contributed by atoms with Gasteiger partial charge in [0.2, 0.25) is 10.0 Å². The zero-order valence-corrected chi connectivity index (χ0v) is 12.6. The molecule has 21 heavy (non-hydrogen) atoms. The second-order valence-corrected chi connectivity index (χ2v) is 6.89. The number of carboxylic acid groups (broad SMARTS) is 1. The number of aromatic carboxylic acids is 1. The topological polar surface area (TPSA) is 115 Å². The molecule has 0 atom stereocenters. The Balaban J connectivity index is 2.59. The Labute approximate surface area is 122 Å². The highest BCUT2D eigenvalue weighted by molar-refractivity contribution is 7.89. The maximum Gasteiger partial charge on any atom is 0.335 e. The van der Waals surface area contributed by atoms with Crippen LogP contribution >= 0.6 is 0 Å². The molecule has 0 fully saturated rings. The van der Waals surface area contributed by atoms with Gasteiger partial charge >= 0.3 is 5.97 Å². The molecule has 1 aromatic heterocycles. The van der Waals surface area contributed by atoms with E-state index in [4.69, 9.17) is 10.2 Å². The molecule has 0 aliphatic carbocycles. The van der Waals surface area contributed by atoms with Gasteiger partial charge in [0.25, 0.3) is 0 Å². The summed E-state index contributed by atoms with van der Waals surface area (Å²) in [6.45, 7) is 4.02. The van der Waals surface area contributed by atoms with Crippen molar-refractivity contribution in [1.29, 1.82) is 0 Å². The van der Waals surface area contributed by atoms with Crippen LogP contribution in [0.2, 0.25) is 0 Å². The number of fused-ring (bicyclic) bond motifs is 1. The van der Waals surface area contributed by atoms with Crippen LogP contribution in [0.3, 0.4) is 0 Å². The molecular weight excluding hydrogens is 294 g/mol. The summed E-state index contributed by atoms with van der Waals surface area (Å²) in [6, 6.07) is 4.60. The molecule has 2 aromatic rings. The summed E-state index contributed by atoms with van der Waals surface area (Å²) in [5, 5.41) is 14.1. The number of benzene rings is 1. The lowest BCUT2D eigenvalue weighted by atomic mass is 10.2. The number of primary sulfonamides is 1. The first-order valence-electron chi connectivity index (χ1n) is 6.43. The fraction of sp³-hybridized carbons (Fsp3) is 0.385. The van der Waals surface area contributed by atoms with Gasteiger partial charge in [-0.25, -0.2) is 23.3 Å². The lowest BCUT2D eigenvalue weighted by molar-refractivity contribution is 0.0697. The smallest absolute Gasteiger partial charge is 0.335 e. The minimum Gasteiger partial charge on any atom is -0.478 e. The fourth-order valence-corrected chi connectivity index (χ4v) is 2.61. The summed E-state index contributed by atoms with van der Waals surface area (Å²) < 4.78 is 24.1. The van der Waals surface area contributed by atoms with Crippen LogP contribution in [0.5, 0.6) is 0 Å². The van der Waals surface area contributed by atoms with Crippen LogP contribution in [-0.2, 0) is 16.6 Å². The quantitative estimate of drug-likeness (QED) is 0.859.